The van der Waals surface area contributed by atoms with E-state index in [1.807, 2.05) is 26.8 Å². The van der Waals surface area contributed by atoms with Crippen molar-refractivity contribution in [2.45, 2.75) is 33.2 Å². The van der Waals surface area contributed by atoms with Crippen molar-refractivity contribution in [1.82, 2.24) is 9.62 Å². The first-order valence-corrected chi connectivity index (χ1v) is 9.19. The van der Waals surface area contributed by atoms with Crippen LogP contribution in [0.2, 0.25) is 0 Å². The van der Waals surface area contributed by atoms with Crippen molar-refractivity contribution in [2.75, 3.05) is 19.3 Å². The molecule has 1 heterocycles. The summed E-state index contributed by atoms with van der Waals surface area (Å²) in [5.74, 6) is -0.0986. The first-order valence-electron chi connectivity index (χ1n) is 6.53. The van der Waals surface area contributed by atoms with E-state index in [4.69, 9.17) is 0 Å². The van der Waals surface area contributed by atoms with Crippen molar-refractivity contribution in [3.05, 3.63) is 21.9 Å². The molecule has 0 aromatic carbocycles. The molecule has 0 atom stereocenters. The van der Waals surface area contributed by atoms with Gasteiger partial charge < -0.3 is 5.32 Å². The second kappa shape index (κ2) is 7.19. The van der Waals surface area contributed by atoms with E-state index in [0.717, 1.165) is 4.88 Å². The zero-order valence-corrected chi connectivity index (χ0v) is 14.0. The molecule has 20 heavy (non-hydrogen) atoms. The van der Waals surface area contributed by atoms with Gasteiger partial charge >= 0.3 is 0 Å². The minimum atomic E-state index is -3.19. The van der Waals surface area contributed by atoms with Crippen LogP contribution in [-0.4, -0.2) is 44.0 Å². The Morgan fingerprint density at radius 1 is 1.40 bits per heavy atom. The maximum absolute atomic E-state index is 11.8. The van der Waals surface area contributed by atoms with Crippen LogP contribution in [0.5, 0.6) is 0 Å². The van der Waals surface area contributed by atoms with E-state index in [-0.39, 0.29) is 11.9 Å². The summed E-state index contributed by atoms with van der Waals surface area (Å²) in [6.07, 6.45) is 1.81. The summed E-state index contributed by atoms with van der Waals surface area (Å²) in [5, 5.41) is 2.81. The Kier molecular flexibility index (Phi) is 6.16. The molecular weight excluding hydrogens is 296 g/mol. The van der Waals surface area contributed by atoms with Gasteiger partial charge in [-0.25, -0.2) is 8.42 Å². The normalized spacial score (nSPS) is 12.1. The van der Waals surface area contributed by atoms with Crippen LogP contribution in [0, 0.1) is 6.92 Å². The van der Waals surface area contributed by atoms with Crippen LogP contribution in [-0.2, 0) is 10.0 Å². The van der Waals surface area contributed by atoms with E-state index in [1.165, 1.54) is 21.9 Å². The number of nitrogens with one attached hydrogen (secondary N) is 1. The number of nitrogens with zero attached hydrogens (tertiary/aromatic N) is 1. The third kappa shape index (κ3) is 5.22. The van der Waals surface area contributed by atoms with Gasteiger partial charge in [0.05, 0.1) is 11.1 Å². The van der Waals surface area contributed by atoms with Crippen molar-refractivity contribution < 1.29 is 13.2 Å². The quantitative estimate of drug-likeness (QED) is 0.780. The number of hydrogen-bond donors (Lipinski definition) is 1. The molecule has 0 bridgehead atoms. The summed E-state index contributed by atoms with van der Waals surface area (Å²) in [7, 11) is -3.19. The van der Waals surface area contributed by atoms with Crippen LogP contribution >= 0.6 is 11.3 Å². The predicted molar refractivity (Wildman–Crippen MR) is 82.7 cm³/mol. The molecule has 1 rings (SSSR count). The molecule has 0 aliphatic heterocycles. The fraction of sp³-hybridized carbons (Fsp3) is 0.615. The summed E-state index contributed by atoms with van der Waals surface area (Å²) >= 11 is 1.45. The highest BCUT2D eigenvalue weighted by atomic mass is 32.2. The number of carbonyl (C=O) groups excluding carboxylic acids is 1. The minimum Gasteiger partial charge on any atom is -0.351 e. The molecule has 0 fully saturated rings. The van der Waals surface area contributed by atoms with E-state index in [2.05, 4.69) is 5.32 Å². The Bertz CT molecular complexity index is 550. The Morgan fingerprint density at radius 2 is 2.05 bits per heavy atom. The average molecular weight is 318 g/mol. The maximum atomic E-state index is 11.8. The molecular formula is C13H22N2O3S2. The van der Waals surface area contributed by atoms with Crippen LogP contribution in [0.3, 0.4) is 0 Å². The van der Waals surface area contributed by atoms with E-state index in [1.54, 1.807) is 6.07 Å². The highest BCUT2D eigenvalue weighted by Crippen LogP contribution is 2.14. The van der Waals surface area contributed by atoms with Gasteiger partial charge in [0.2, 0.25) is 10.0 Å². The lowest BCUT2D eigenvalue weighted by Gasteiger charge is -2.23. The van der Waals surface area contributed by atoms with Gasteiger partial charge in [-0.05, 0) is 39.3 Å². The molecule has 0 radical (unpaired) electrons. The Labute approximate surface area is 125 Å². The number of aryl methyl sites for hydroxylation is 1. The lowest BCUT2D eigenvalue weighted by molar-refractivity contribution is 0.0956. The summed E-state index contributed by atoms with van der Waals surface area (Å²) in [4.78, 5) is 13.6. The van der Waals surface area contributed by atoms with Crippen LogP contribution in [0.25, 0.3) is 0 Å². The maximum Gasteiger partial charge on any atom is 0.261 e. The van der Waals surface area contributed by atoms with Crippen LogP contribution < -0.4 is 5.32 Å². The van der Waals surface area contributed by atoms with Crippen molar-refractivity contribution in [1.29, 1.82) is 0 Å². The second-order valence-corrected chi connectivity index (χ2v) is 8.21. The summed E-state index contributed by atoms with van der Waals surface area (Å²) in [6.45, 7) is 6.52. The molecule has 7 heteroatoms. The number of hydrogen-bond acceptors (Lipinski definition) is 4. The van der Waals surface area contributed by atoms with Gasteiger partial charge in [0.1, 0.15) is 0 Å². The molecule has 1 N–H and O–H groups in total. The first kappa shape index (κ1) is 17.1. The molecule has 0 saturated carbocycles. The molecule has 114 valence electrons. The van der Waals surface area contributed by atoms with Crippen molar-refractivity contribution in [2.24, 2.45) is 0 Å². The van der Waals surface area contributed by atoms with Gasteiger partial charge in [0, 0.05) is 24.0 Å². The molecule has 0 saturated heterocycles. The number of sulfonamides is 1. The Morgan fingerprint density at radius 3 is 2.50 bits per heavy atom. The highest BCUT2D eigenvalue weighted by molar-refractivity contribution is 7.88. The number of thiophene rings is 1. The molecule has 5 nitrogen and oxygen atoms in total. The van der Waals surface area contributed by atoms with Crippen LogP contribution in [0.1, 0.15) is 34.8 Å². The standard InChI is InChI=1S/C13H22N2O3S2/c1-10(2)15(20(4,17)18)9-5-8-14-13(16)12-7-6-11(3)19-12/h6-7,10H,5,8-9H2,1-4H3,(H,14,16). The fourth-order valence-electron chi connectivity index (χ4n) is 1.89. The lowest BCUT2D eigenvalue weighted by Crippen LogP contribution is -2.38. The Balaban J connectivity index is 2.39. The van der Waals surface area contributed by atoms with Gasteiger partial charge in [-0.3, -0.25) is 4.79 Å². The molecule has 0 aliphatic rings. The van der Waals surface area contributed by atoms with E-state index in [0.29, 0.717) is 24.4 Å². The molecule has 1 aromatic rings. The van der Waals surface area contributed by atoms with Gasteiger partial charge in [0.25, 0.3) is 5.91 Å². The van der Waals surface area contributed by atoms with Crippen molar-refractivity contribution in [3.63, 3.8) is 0 Å². The number of rotatable bonds is 7. The Hall–Kier alpha value is -0.920. The summed E-state index contributed by atoms with van der Waals surface area (Å²) in [6, 6.07) is 3.64. The van der Waals surface area contributed by atoms with E-state index >= 15 is 0 Å². The highest BCUT2D eigenvalue weighted by Gasteiger charge is 2.19. The van der Waals surface area contributed by atoms with E-state index < -0.39 is 10.0 Å². The van der Waals surface area contributed by atoms with Gasteiger partial charge in [-0.2, -0.15) is 4.31 Å². The summed E-state index contributed by atoms with van der Waals surface area (Å²) in [5.41, 5.74) is 0. The molecule has 0 aliphatic carbocycles. The topological polar surface area (TPSA) is 66.5 Å². The second-order valence-electron chi connectivity index (χ2n) is 4.99. The van der Waals surface area contributed by atoms with E-state index in [9.17, 15) is 13.2 Å². The minimum absolute atomic E-state index is 0.0688. The molecule has 1 amide bonds. The van der Waals surface area contributed by atoms with Crippen molar-refractivity contribution >= 4 is 27.3 Å². The smallest absolute Gasteiger partial charge is 0.261 e. The lowest BCUT2D eigenvalue weighted by atomic mass is 10.3. The van der Waals surface area contributed by atoms with Crippen LogP contribution in [0.15, 0.2) is 12.1 Å². The van der Waals surface area contributed by atoms with Crippen molar-refractivity contribution in [3.8, 4) is 0 Å². The zero-order valence-electron chi connectivity index (χ0n) is 12.3. The first-order chi connectivity index (χ1) is 9.21. The average Bonchev–Trinajstić information content (AvgIpc) is 2.73. The predicted octanol–water partition coefficient (Wildman–Crippen LogP) is 1.85. The zero-order chi connectivity index (χ0) is 15.3. The SMILES string of the molecule is Cc1ccc(C(=O)NCCCN(C(C)C)S(C)(=O)=O)s1. The molecule has 0 spiro atoms. The molecule has 1 aromatic heterocycles. The third-order valence-corrected chi connectivity index (χ3v) is 5.26. The summed E-state index contributed by atoms with van der Waals surface area (Å²) < 4.78 is 24.6. The van der Waals surface area contributed by atoms with Gasteiger partial charge in [-0.1, -0.05) is 0 Å². The van der Waals surface area contributed by atoms with Gasteiger partial charge in [-0.15, -0.1) is 11.3 Å². The number of amides is 1. The fourth-order valence-corrected chi connectivity index (χ4v) is 3.90. The molecule has 0 unspecified atom stereocenters. The van der Waals surface area contributed by atoms with Gasteiger partial charge in [0.15, 0.2) is 0 Å². The third-order valence-electron chi connectivity index (χ3n) is 2.81. The van der Waals surface area contributed by atoms with Crippen LogP contribution in [0.4, 0.5) is 0 Å². The monoisotopic (exact) mass is 318 g/mol. The number of carbonyl (C=O) groups is 1. The largest absolute Gasteiger partial charge is 0.351 e.